The van der Waals surface area contributed by atoms with Crippen LogP contribution in [0.1, 0.15) is 49.3 Å². The molecule has 2 heteroatoms. The summed E-state index contributed by atoms with van der Waals surface area (Å²) in [5, 5.41) is 0. The fourth-order valence-electron chi connectivity index (χ4n) is 2.84. The molecule has 0 saturated heterocycles. The fraction of sp³-hybridized carbons (Fsp3) is 0.733. The minimum Gasteiger partial charge on any atom is -0.327 e. The Morgan fingerprint density at radius 3 is 2.47 bits per heavy atom. The van der Waals surface area contributed by atoms with Gasteiger partial charge in [-0.3, -0.25) is 0 Å². The molecule has 1 atom stereocenters. The van der Waals surface area contributed by atoms with E-state index >= 15 is 0 Å². The molecule has 1 nitrogen and oxygen atoms in total. The smallest absolute Gasteiger partial charge is 0.0116 e. The lowest BCUT2D eigenvalue weighted by molar-refractivity contribution is 0.254. The monoisotopic (exact) mass is 251 g/mol. The largest absolute Gasteiger partial charge is 0.327 e. The van der Waals surface area contributed by atoms with Crippen molar-refractivity contribution in [1.29, 1.82) is 0 Å². The molecule has 2 rings (SSSR count). The van der Waals surface area contributed by atoms with E-state index in [1.165, 1.54) is 35.4 Å². The second kappa shape index (κ2) is 6.01. The van der Waals surface area contributed by atoms with Gasteiger partial charge in [0.1, 0.15) is 0 Å². The number of nitrogens with two attached hydrogens (primary N) is 1. The highest BCUT2D eigenvalue weighted by Crippen LogP contribution is 2.31. The number of hydrogen-bond acceptors (Lipinski definition) is 2. The van der Waals surface area contributed by atoms with Crippen molar-refractivity contribution < 1.29 is 0 Å². The molecule has 1 heterocycles. The van der Waals surface area contributed by atoms with Crippen molar-refractivity contribution in [3.63, 3.8) is 0 Å². The molecule has 0 radical (unpaired) electrons. The van der Waals surface area contributed by atoms with Crippen LogP contribution in [0.25, 0.3) is 0 Å². The second-order valence-corrected chi connectivity index (χ2v) is 6.86. The van der Waals surface area contributed by atoms with E-state index in [0.717, 1.165) is 24.7 Å². The quantitative estimate of drug-likeness (QED) is 0.860. The van der Waals surface area contributed by atoms with Crippen LogP contribution in [0.15, 0.2) is 12.1 Å². The molecular weight excluding hydrogens is 226 g/mol. The summed E-state index contributed by atoms with van der Waals surface area (Å²) in [5.74, 6) is 1.69. The van der Waals surface area contributed by atoms with Crippen molar-refractivity contribution in [3.05, 3.63) is 21.9 Å². The summed E-state index contributed by atoms with van der Waals surface area (Å²) in [6.07, 6.45) is 7.68. The van der Waals surface area contributed by atoms with Crippen molar-refractivity contribution in [2.24, 2.45) is 17.6 Å². The first-order valence-corrected chi connectivity index (χ1v) is 7.83. The average Bonchev–Trinajstić information content (AvgIpc) is 2.77. The molecular formula is C15H25NS. The van der Waals surface area contributed by atoms with E-state index in [2.05, 4.69) is 26.0 Å². The average molecular weight is 251 g/mol. The Balaban J connectivity index is 1.85. The zero-order valence-corrected chi connectivity index (χ0v) is 11.9. The van der Waals surface area contributed by atoms with Gasteiger partial charge in [0.2, 0.25) is 0 Å². The molecule has 17 heavy (non-hydrogen) atoms. The molecule has 1 aliphatic rings. The normalized spacial score (nSPS) is 27.0. The third-order valence-electron chi connectivity index (χ3n) is 4.17. The predicted octanol–water partition coefficient (Wildman–Crippen LogP) is 4.01. The maximum absolute atomic E-state index is 6.38. The highest BCUT2D eigenvalue weighted by molar-refractivity contribution is 7.11. The molecule has 1 aliphatic carbocycles. The molecule has 0 bridgehead atoms. The van der Waals surface area contributed by atoms with Crippen molar-refractivity contribution in [2.75, 3.05) is 0 Å². The summed E-state index contributed by atoms with van der Waals surface area (Å²) in [5.41, 5.74) is 6.38. The first-order valence-electron chi connectivity index (χ1n) is 7.02. The predicted molar refractivity (Wildman–Crippen MR) is 76.5 cm³/mol. The summed E-state index contributed by atoms with van der Waals surface area (Å²) in [7, 11) is 0. The Morgan fingerprint density at radius 2 is 1.88 bits per heavy atom. The molecule has 1 saturated carbocycles. The first kappa shape index (κ1) is 13.1. The molecule has 1 aromatic heterocycles. The van der Waals surface area contributed by atoms with Crippen LogP contribution in [0.5, 0.6) is 0 Å². The summed E-state index contributed by atoms with van der Waals surface area (Å²) >= 11 is 1.95. The first-order chi connectivity index (χ1) is 8.19. The minimum atomic E-state index is 0.380. The van der Waals surface area contributed by atoms with E-state index in [0.29, 0.717) is 6.04 Å². The number of hydrogen-bond donors (Lipinski definition) is 1. The van der Waals surface area contributed by atoms with E-state index in [9.17, 15) is 0 Å². The van der Waals surface area contributed by atoms with Gasteiger partial charge in [0, 0.05) is 15.8 Å². The highest BCUT2D eigenvalue weighted by atomic mass is 32.1. The molecule has 96 valence electrons. The maximum atomic E-state index is 6.38. The van der Waals surface area contributed by atoms with Crippen LogP contribution < -0.4 is 5.73 Å². The topological polar surface area (TPSA) is 26.0 Å². The number of rotatable bonds is 4. The second-order valence-electron chi connectivity index (χ2n) is 5.61. The van der Waals surface area contributed by atoms with Gasteiger partial charge in [-0.05, 0) is 49.7 Å². The van der Waals surface area contributed by atoms with Crippen LogP contribution >= 0.6 is 11.3 Å². The van der Waals surface area contributed by atoms with Gasteiger partial charge in [-0.1, -0.05) is 26.7 Å². The Bertz CT molecular complexity index is 336. The van der Waals surface area contributed by atoms with Crippen LogP contribution in [0.2, 0.25) is 0 Å². The molecule has 1 aromatic rings. The lowest BCUT2D eigenvalue weighted by Crippen LogP contribution is -2.34. The van der Waals surface area contributed by atoms with Gasteiger partial charge in [0.25, 0.3) is 0 Å². The molecule has 1 fully saturated rings. The van der Waals surface area contributed by atoms with E-state index < -0.39 is 0 Å². The molecule has 0 spiro atoms. The maximum Gasteiger partial charge on any atom is 0.0116 e. The highest BCUT2D eigenvalue weighted by Gasteiger charge is 2.23. The molecule has 0 amide bonds. The summed E-state index contributed by atoms with van der Waals surface area (Å²) in [6.45, 7) is 4.59. The van der Waals surface area contributed by atoms with Crippen molar-refractivity contribution in [1.82, 2.24) is 0 Å². The van der Waals surface area contributed by atoms with Crippen molar-refractivity contribution >= 4 is 11.3 Å². The Kier molecular flexibility index (Phi) is 4.63. The number of aryl methyl sites for hydroxylation is 1. The van der Waals surface area contributed by atoms with Gasteiger partial charge >= 0.3 is 0 Å². The minimum absolute atomic E-state index is 0.380. The summed E-state index contributed by atoms with van der Waals surface area (Å²) < 4.78 is 0. The van der Waals surface area contributed by atoms with E-state index in [1.807, 2.05) is 11.3 Å². The molecule has 0 aromatic carbocycles. The van der Waals surface area contributed by atoms with Crippen LogP contribution in [0, 0.1) is 11.8 Å². The van der Waals surface area contributed by atoms with Crippen LogP contribution in [-0.4, -0.2) is 6.04 Å². The van der Waals surface area contributed by atoms with Gasteiger partial charge in [-0.25, -0.2) is 0 Å². The van der Waals surface area contributed by atoms with Crippen LogP contribution in [0.3, 0.4) is 0 Å². The summed E-state index contributed by atoms with van der Waals surface area (Å²) in [4.78, 5) is 2.97. The Labute approximate surface area is 109 Å². The van der Waals surface area contributed by atoms with E-state index in [1.54, 1.807) is 0 Å². The summed E-state index contributed by atoms with van der Waals surface area (Å²) in [6, 6.07) is 4.91. The number of thiophene rings is 1. The molecule has 0 aliphatic heterocycles. The van der Waals surface area contributed by atoms with E-state index in [-0.39, 0.29) is 0 Å². The third kappa shape index (κ3) is 3.56. The van der Waals surface area contributed by atoms with Crippen molar-refractivity contribution in [2.45, 2.75) is 58.4 Å². The molecule has 1 unspecified atom stereocenters. The fourth-order valence-corrected chi connectivity index (χ4v) is 3.86. The lowest BCUT2D eigenvalue weighted by Gasteiger charge is -2.30. The van der Waals surface area contributed by atoms with Crippen LogP contribution in [-0.2, 0) is 12.8 Å². The van der Waals surface area contributed by atoms with Gasteiger partial charge in [0.05, 0.1) is 0 Å². The van der Waals surface area contributed by atoms with Gasteiger partial charge < -0.3 is 5.73 Å². The Morgan fingerprint density at radius 1 is 1.24 bits per heavy atom. The van der Waals surface area contributed by atoms with E-state index in [4.69, 9.17) is 5.73 Å². The van der Waals surface area contributed by atoms with Crippen LogP contribution in [0.4, 0.5) is 0 Å². The third-order valence-corrected chi connectivity index (χ3v) is 5.42. The van der Waals surface area contributed by atoms with Crippen molar-refractivity contribution in [3.8, 4) is 0 Å². The van der Waals surface area contributed by atoms with Gasteiger partial charge in [-0.2, -0.15) is 0 Å². The zero-order valence-electron chi connectivity index (χ0n) is 11.1. The Hall–Kier alpha value is -0.340. The van der Waals surface area contributed by atoms with Gasteiger partial charge in [-0.15, -0.1) is 11.3 Å². The lowest BCUT2D eigenvalue weighted by atomic mass is 9.78. The standard InChI is InChI=1S/C15H25NS/c1-3-13-8-9-14(17-13)10-15(16)12-6-4-11(2)5-7-12/h8-9,11-12,15H,3-7,10,16H2,1-2H3. The zero-order chi connectivity index (χ0) is 12.3. The SMILES string of the molecule is CCc1ccc(CC(N)C2CCC(C)CC2)s1. The van der Waals surface area contributed by atoms with Gasteiger partial charge in [0.15, 0.2) is 0 Å². The molecule has 2 N–H and O–H groups in total.